The third-order valence-electron chi connectivity index (χ3n) is 7.35. The van der Waals surface area contributed by atoms with Crippen molar-refractivity contribution in [2.75, 3.05) is 0 Å². The van der Waals surface area contributed by atoms with E-state index >= 15 is 0 Å². The molecule has 0 spiro atoms. The lowest BCUT2D eigenvalue weighted by molar-refractivity contribution is 1.41. The second-order valence-electron chi connectivity index (χ2n) is 9.80. The Morgan fingerprint density at radius 2 is 1.03 bits per heavy atom. The fourth-order valence-corrected chi connectivity index (χ4v) is 5.30. The Morgan fingerprint density at radius 3 is 1.78 bits per heavy atom. The fraction of sp³-hybridized carbons (Fsp3) is 0.0278. The number of aryl methyl sites for hydroxylation is 1. The molecule has 0 atom stereocenters. The summed E-state index contributed by atoms with van der Waals surface area (Å²) in [5.41, 5.74) is 9.72. The first-order chi connectivity index (χ1) is 18.2. The van der Waals surface area contributed by atoms with Gasteiger partial charge >= 0.3 is 0 Å². The maximum absolute atomic E-state index is 4.46. The van der Waals surface area contributed by atoms with Crippen LogP contribution >= 0.6 is 0 Å². The molecule has 7 aromatic rings. The molecule has 0 radical (unpaired) electrons. The van der Waals surface area contributed by atoms with Gasteiger partial charge < -0.3 is 0 Å². The molecular weight excluding hydrogens is 446 g/mol. The Kier molecular flexibility index (Phi) is 5.08. The van der Waals surface area contributed by atoms with E-state index in [1.54, 1.807) is 0 Å². The monoisotopic (exact) mass is 471 g/mol. The minimum absolute atomic E-state index is 1.02. The van der Waals surface area contributed by atoms with E-state index in [1.807, 2.05) is 12.3 Å². The van der Waals surface area contributed by atoms with Crippen molar-refractivity contribution in [1.82, 2.24) is 4.98 Å². The van der Waals surface area contributed by atoms with Crippen LogP contribution in [0, 0.1) is 6.92 Å². The van der Waals surface area contributed by atoms with E-state index in [0.29, 0.717) is 0 Å². The van der Waals surface area contributed by atoms with Gasteiger partial charge in [-0.2, -0.15) is 0 Å². The largest absolute Gasteiger partial charge is 0.256 e. The van der Waals surface area contributed by atoms with Gasteiger partial charge in [0.2, 0.25) is 0 Å². The van der Waals surface area contributed by atoms with Crippen LogP contribution in [-0.4, -0.2) is 4.98 Å². The van der Waals surface area contributed by atoms with Crippen LogP contribution < -0.4 is 0 Å². The second-order valence-corrected chi connectivity index (χ2v) is 9.80. The summed E-state index contributed by atoms with van der Waals surface area (Å²) >= 11 is 0. The standard InChI is InChI=1S/C36H25N/c1-24-7-9-27(10-8-24)34-6-2-4-26-13-16-31(23-35(26)34)29-15-12-25-11-14-28(21-33(25)22-29)30-17-18-36-32(20-30)5-3-19-37-36/h2-23H,1H3. The summed E-state index contributed by atoms with van der Waals surface area (Å²) in [6.07, 6.45) is 1.84. The molecule has 0 fully saturated rings. The molecule has 0 aliphatic heterocycles. The summed E-state index contributed by atoms with van der Waals surface area (Å²) in [5, 5.41) is 6.19. The molecule has 1 heterocycles. The zero-order chi connectivity index (χ0) is 24.8. The summed E-state index contributed by atoms with van der Waals surface area (Å²) in [6, 6.07) is 46.3. The molecule has 0 saturated carbocycles. The molecule has 0 N–H and O–H groups in total. The van der Waals surface area contributed by atoms with Gasteiger partial charge in [-0.1, -0.05) is 96.6 Å². The Morgan fingerprint density at radius 1 is 0.432 bits per heavy atom. The van der Waals surface area contributed by atoms with Crippen molar-refractivity contribution >= 4 is 32.4 Å². The lowest BCUT2D eigenvalue weighted by Gasteiger charge is -2.11. The summed E-state index contributed by atoms with van der Waals surface area (Å²) in [6.45, 7) is 2.13. The number of fused-ring (bicyclic) bond motifs is 3. The summed E-state index contributed by atoms with van der Waals surface area (Å²) in [5.74, 6) is 0. The summed E-state index contributed by atoms with van der Waals surface area (Å²) in [7, 11) is 0. The van der Waals surface area contributed by atoms with Crippen molar-refractivity contribution in [2.24, 2.45) is 0 Å². The quantitative estimate of drug-likeness (QED) is 0.250. The van der Waals surface area contributed by atoms with Gasteiger partial charge in [0.25, 0.3) is 0 Å². The van der Waals surface area contributed by atoms with E-state index in [4.69, 9.17) is 0 Å². The average molecular weight is 472 g/mol. The normalized spacial score (nSPS) is 11.4. The van der Waals surface area contributed by atoms with Crippen LogP contribution in [0.2, 0.25) is 0 Å². The lowest BCUT2D eigenvalue weighted by atomic mass is 9.93. The second kappa shape index (κ2) is 8.72. The Hall–Kier alpha value is -4.75. The molecule has 6 aromatic carbocycles. The molecule has 0 saturated heterocycles. The van der Waals surface area contributed by atoms with Crippen molar-refractivity contribution < 1.29 is 0 Å². The van der Waals surface area contributed by atoms with E-state index in [2.05, 4.69) is 133 Å². The van der Waals surface area contributed by atoms with Gasteiger partial charge in [-0.25, -0.2) is 0 Å². The SMILES string of the molecule is Cc1ccc(-c2cccc3ccc(-c4ccc5ccc(-c6ccc7ncccc7c6)cc5c4)cc23)cc1. The molecule has 1 aromatic heterocycles. The molecule has 7 rings (SSSR count). The van der Waals surface area contributed by atoms with Gasteiger partial charge in [-0.3, -0.25) is 4.98 Å². The maximum Gasteiger partial charge on any atom is 0.0702 e. The highest BCUT2D eigenvalue weighted by Crippen LogP contribution is 2.34. The highest BCUT2D eigenvalue weighted by molar-refractivity contribution is 6.00. The predicted molar refractivity (Wildman–Crippen MR) is 158 cm³/mol. The van der Waals surface area contributed by atoms with Gasteiger partial charge in [0.15, 0.2) is 0 Å². The third-order valence-corrected chi connectivity index (χ3v) is 7.35. The fourth-order valence-electron chi connectivity index (χ4n) is 5.30. The van der Waals surface area contributed by atoms with Crippen molar-refractivity contribution in [3.8, 4) is 33.4 Å². The Balaban J connectivity index is 1.33. The van der Waals surface area contributed by atoms with E-state index in [0.717, 1.165) is 10.9 Å². The highest BCUT2D eigenvalue weighted by Gasteiger charge is 2.08. The zero-order valence-electron chi connectivity index (χ0n) is 20.6. The molecule has 0 aliphatic rings. The van der Waals surface area contributed by atoms with Crippen molar-refractivity contribution in [3.05, 3.63) is 139 Å². The summed E-state index contributed by atoms with van der Waals surface area (Å²) in [4.78, 5) is 4.46. The van der Waals surface area contributed by atoms with Gasteiger partial charge in [0.05, 0.1) is 5.52 Å². The number of nitrogens with zero attached hydrogens (tertiary/aromatic N) is 1. The van der Waals surface area contributed by atoms with E-state index in [-0.39, 0.29) is 0 Å². The van der Waals surface area contributed by atoms with E-state index in [1.165, 1.54) is 60.5 Å². The Bertz CT molecular complexity index is 1930. The first-order valence-corrected chi connectivity index (χ1v) is 12.7. The molecule has 37 heavy (non-hydrogen) atoms. The van der Waals surface area contributed by atoms with Crippen LogP contribution in [0.25, 0.3) is 65.8 Å². The number of hydrogen-bond donors (Lipinski definition) is 0. The van der Waals surface area contributed by atoms with Crippen molar-refractivity contribution in [3.63, 3.8) is 0 Å². The molecular formula is C36H25N. The number of pyridine rings is 1. The van der Waals surface area contributed by atoms with Gasteiger partial charge in [-0.15, -0.1) is 0 Å². The van der Waals surface area contributed by atoms with Crippen LogP contribution in [0.1, 0.15) is 5.56 Å². The highest BCUT2D eigenvalue weighted by atomic mass is 14.6. The topological polar surface area (TPSA) is 12.9 Å². The number of aromatic nitrogens is 1. The number of rotatable bonds is 3. The smallest absolute Gasteiger partial charge is 0.0702 e. The summed E-state index contributed by atoms with van der Waals surface area (Å²) < 4.78 is 0. The maximum atomic E-state index is 4.46. The zero-order valence-corrected chi connectivity index (χ0v) is 20.6. The predicted octanol–water partition coefficient (Wildman–Crippen LogP) is 9.85. The lowest BCUT2D eigenvalue weighted by Crippen LogP contribution is -1.85. The van der Waals surface area contributed by atoms with Crippen LogP contribution in [0.4, 0.5) is 0 Å². The van der Waals surface area contributed by atoms with Gasteiger partial charge in [-0.05, 0) is 98.2 Å². The number of hydrogen-bond acceptors (Lipinski definition) is 1. The van der Waals surface area contributed by atoms with E-state index in [9.17, 15) is 0 Å². The molecule has 0 bridgehead atoms. The van der Waals surface area contributed by atoms with Crippen molar-refractivity contribution in [2.45, 2.75) is 6.92 Å². The minimum atomic E-state index is 1.02. The van der Waals surface area contributed by atoms with Crippen LogP contribution in [0.3, 0.4) is 0 Å². The Labute approximate surface area is 216 Å². The van der Waals surface area contributed by atoms with Crippen LogP contribution in [0.5, 0.6) is 0 Å². The third kappa shape index (κ3) is 3.95. The van der Waals surface area contributed by atoms with Gasteiger partial charge in [0, 0.05) is 11.6 Å². The minimum Gasteiger partial charge on any atom is -0.256 e. The molecule has 0 unspecified atom stereocenters. The van der Waals surface area contributed by atoms with Gasteiger partial charge in [0.1, 0.15) is 0 Å². The molecule has 0 aliphatic carbocycles. The first-order valence-electron chi connectivity index (χ1n) is 12.7. The first kappa shape index (κ1) is 21.5. The molecule has 174 valence electrons. The molecule has 1 nitrogen and oxygen atoms in total. The van der Waals surface area contributed by atoms with Crippen LogP contribution in [-0.2, 0) is 0 Å². The molecule has 0 amide bonds. The average Bonchev–Trinajstić information content (AvgIpc) is 2.96. The van der Waals surface area contributed by atoms with Crippen molar-refractivity contribution in [1.29, 1.82) is 0 Å². The van der Waals surface area contributed by atoms with Crippen LogP contribution in [0.15, 0.2) is 134 Å². The molecule has 1 heteroatoms. The van der Waals surface area contributed by atoms with E-state index < -0.39 is 0 Å². The number of benzene rings is 6.